The fourth-order valence-electron chi connectivity index (χ4n) is 2.62. The van der Waals surface area contributed by atoms with Crippen LogP contribution in [-0.2, 0) is 9.53 Å². The minimum absolute atomic E-state index is 0.108. The molecule has 0 atom stereocenters. The molecule has 0 aromatic heterocycles. The van der Waals surface area contributed by atoms with Crippen molar-refractivity contribution >= 4 is 28.6 Å². The highest BCUT2D eigenvalue weighted by Crippen LogP contribution is 2.53. The molecule has 0 radical (unpaired) electrons. The van der Waals surface area contributed by atoms with Gasteiger partial charge in [-0.3, -0.25) is 0 Å². The summed E-state index contributed by atoms with van der Waals surface area (Å²) < 4.78 is 6.00. The van der Waals surface area contributed by atoms with Gasteiger partial charge in [-0.2, -0.15) is 0 Å². The second-order valence-corrected chi connectivity index (χ2v) is 6.92. The average Bonchev–Trinajstić information content (AvgIpc) is 2.27. The van der Waals surface area contributed by atoms with Crippen molar-refractivity contribution in [1.82, 2.24) is 0 Å². The number of rotatable bonds is 4. The molecule has 2 aliphatic heterocycles. The van der Waals surface area contributed by atoms with Crippen LogP contribution in [0.15, 0.2) is 12.2 Å². The van der Waals surface area contributed by atoms with Crippen LogP contribution in [0.3, 0.4) is 0 Å². The lowest BCUT2D eigenvalue weighted by molar-refractivity contribution is -0.131. The van der Waals surface area contributed by atoms with E-state index in [-0.39, 0.29) is 3.61 Å². The normalized spacial score (nSPS) is 38.1. The monoisotopic (exact) mass is 336 g/mol. The van der Waals surface area contributed by atoms with Crippen LogP contribution in [0, 0.1) is 5.41 Å². The summed E-state index contributed by atoms with van der Waals surface area (Å²) in [5.41, 5.74) is 0.329. The molecule has 2 heterocycles. The molecule has 0 aromatic carbocycles. The van der Waals surface area contributed by atoms with Crippen LogP contribution in [0.1, 0.15) is 38.5 Å². The van der Waals surface area contributed by atoms with Crippen LogP contribution < -0.4 is 0 Å². The number of hydrogen-bond acceptors (Lipinski definition) is 2. The molecule has 3 nitrogen and oxygen atoms in total. The molecule has 90 valence electrons. The number of carboxylic acid groups (broad SMARTS) is 1. The Bertz CT molecular complexity index is 287. The van der Waals surface area contributed by atoms with E-state index in [1.54, 1.807) is 6.08 Å². The molecule has 3 aliphatic rings. The van der Waals surface area contributed by atoms with Crippen LogP contribution in [0.5, 0.6) is 0 Å². The zero-order valence-electron chi connectivity index (χ0n) is 9.25. The maximum absolute atomic E-state index is 10.3. The molecule has 3 rings (SSSR count). The molecule has 1 aliphatic carbocycles. The van der Waals surface area contributed by atoms with E-state index >= 15 is 0 Å². The Morgan fingerprint density at radius 3 is 2.56 bits per heavy atom. The fourth-order valence-corrected chi connectivity index (χ4v) is 3.32. The number of aliphatic carboxylic acids is 1. The van der Waals surface area contributed by atoms with E-state index < -0.39 is 5.97 Å². The summed E-state index contributed by atoms with van der Waals surface area (Å²) in [5, 5.41) is 8.50. The van der Waals surface area contributed by atoms with Gasteiger partial charge in [-0.15, -0.1) is 0 Å². The lowest BCUT2D eigenvalue weighted by atomic mass is 9.68. The van der Waals surface area contributed by atoms with Crippen LogP contribution in [0.2, 0.25) is 0 Å². The van der Waals surface area contributed by atoms with Crippen LogP contribution >= 0.6 is 22.6 Å². The number of ether oxygens (including phenoxy) is 1. The summed E-state index contributed by atoms with van der Waals surface area (Å²) in [6.45, 7) is 0.858. The quantitative estimate of drug-likeness (QED) is 0.487. The largest absolute Gasteiger partial charge is 0.478 e. The lowest BCUT2D eigenvalue weighted by Crippen LogP contribution is -2.47. The summed E-state index contributed by atoms with van der Waals surface area (Å²) in [7, 11) is 0. The number of alkyl halides is 1. The molecule has 4 heteroatoms. The van der Waals surface area contributed by atoms with Gasteiger partial charge in [0.1, 0.15) is 3.61 Å². The number of halogens is 1. The van der Waals surface area contributed by atoms with E-state index in [9.17, 15) is 4.79 Å². The first-order valence-corrected chi connectivity index (χ1v) is 6.84. The van der Waals surface area contributed by atoms with E-state index in [1.807, 2.05) is 0 Å². The first-order chi connectivity index (χ1) is 7.54. The molecule has 0 amide bonds. The van der Waals surface area contributed by atoms with E-state index in [0.29, 0.717) is 5.41 Å². The zero-order chi connectivity index (χ0) is 11.6. The second kappa shape index (κ2) is 4.64. The predicted molar refractivity (Wildman–Crippen MR) is 69.6 cm³/mol. The summed E-state index contributed by atoms with van der Waals surface area (Å²) in [5.74, 6) is -0.854. The second-order valence-electron chi connectivity index (χ2n) is 4.95. The van der Waals surface area contributed by atoms with Crippen molar-refractivity contribution in [3.05, 3.63) is 12.2 Å². The number of fused-ring (bicyclic) bond motifs is 3. The highest BCUT2D eigenvalue weighted by atomic mass is 127. The third-order valence-corrected chi connectivity index (χ3v) is 5.19. The summed E-state index contributed by atoms with van der Waals surface area (Å²) in [6, 6.07) is 0. The molecule has 0 spiro atoms. The van der Waals surface area contributed by atoms with Gasteiger partial charge in [0.15, 0.2) is 0 Å². The van der Waals surface area contributed by atoms with Crippen molar-refractivity contribution in [1.29, 1.82) is 0 Å². The number of carbonyl (C=O) groups is 1. The fraction of sp³-hybridized carbons (Fsp3) is 0.750. The standard InChI is InChI=1S/C12H17IO3/c13-12-7-5-11(6-8-12,9-16-12)4-2-1-3-10(14)15/h1,3H,2,4-9H2,(H,14,15)/b3-1+. The number of allylic oxidation sites excluding steroid dienone is 1. The molecule has 0 unspecified atom stereocenters. The highest BCUT2D eigenvalue weighted by molar-refractivity contribution is 14.1. The average molecular weight is 336 g/mol. The topological polar surface area (TPSA) is 46.5 Å². The van der Waals surface area contributed by atoms with Crippen molar-refractivity contribution in [3.63, 3.8) is 0 Å². The van der Waals surface area contributed by atoms with Crippen LogP contribution in [0.4, 0.5) is 0 Å². The first kappa shape index (κ1) is 12.4. The van der Waals surface area contributed by atoms with Crippen molar-refractivity contribution in [2.45, 2.75) is 42.1 Å². The van der Waals surface area contributed by atoms with E-state index in [2.05, 4.69) is 22.6 Å². The predicted octanol–water partition coefficient (Wildman–Crippen LogP) is 3.13. The maximum Gasteiger partial charge on any atom is 0.327 e. The maximum atomic E-state index is 10.3. The van der Waals surface area contributed by atoms with E-state index in [4.69, 9.17) is 9.84 Å². The molecule has 3 fully saturated rings. The van der Waals surface area contributed by atoms with Gasteiger partial charge in [0.2, 0.25) is 0 Å². The summed E-state index contributed by atoms with van der Waals surface area (Å²) >= 11 is 2.44. The Morgan fingerprint density at radius 1 is 1.38 bits per heavy atom. The van der Waals surface area contributed by atoms with Gasteiger partial charge in [0.25, 0.3) is 0 Å². The molecular formula is C12H17IO3. The van der Waals surface area contributed by atoms with E-state index in [1.165, 1.54) is 18.9 Å². The first-order valence-electron chi connectivity index (χ1n) is 5.76. The van der Waals surface area contributed by atoms with Crippen molar-refractivity contribution in [3.8, 4) is 0 Å². The number of carboxylic acids is 1. The van der Waals surface area contributed by atoms with Gasteiger partial charge in [-0.05, 0) is 66.5 Å². The van der Waals surface area contributed by atoms with Crippen molar-refractivity contribution in [2.75, 3.05) is 6.61 Å². The Labute approximate surface area is 109 Å². The van der Waals surface area contributed by atoms with Gasteiger partial charge >= 0.3 is 5.97 Å². The Hall–Kier alpha value is -0.100. The molecule has 1 N–H and O–H groups in total. The third kappa shape index (κ3) is 2.77. The number of hydrogen-bond donors (Lipinski definition) is 1. The molecule has 2 bridgehead atoms. The third-order valence-electron chi connectivity index (χ3n) is 3.80. The molecule has 2 saturated heterocycles. The molecule has 16 heavy (non-hydrogen) atoms. The van der Waals surface area contributed by atoms with Crippen molar-refractivity contribution < 1.29 is 14.6 Å². The Kier molecular flexibility index (Phi) is 3.59. The SMILES string of the molecule is O=C(O)/C=C/CCC12CCC(I)(CC1)OC2. The Balaban J connectivity index is 1.84. The van der Waals surface area contributed by atoms with Gasteiger partial charge < -0.3 is 9.84 Å². The smallest absolute Gasteiger partial charge is 0.327 e. The minimum Gasteiger partial charge on any atom is -0.478 e. The summed E-state index contributed by atoms with van der Waals surface area (Å²) in [4.78, 5) is 10.3. The molecule has 1 saturated carbocycles. The lowest BCUT2D eigenvalue weighted by Gasteiger charge is -2.50. The molecular weight excluding hydrogens is 319 g/mol. The van der Waals surface area contributed by atoms with E-state index in [0.717, 1.165) is 32.3 Å². The summed E-state index contributed by atoms with van der Waals surface area (Å²) in [6.07, 6.45) is 9.68. The van der Waals surface area contributed by atoms with Crippen molar-refractivity contribution in [2.24, 2.45) is 5.41 Å². The highest BCUT2D eigenvalue weighted by Gasteiger charge is 2.47. The minimum atomic E-state index is -0.854. The van der Waals surface area contributed by atoms with Gasteiger partial charge in [0.05, 0.1) is 6.61 Å². The van der Waals surface area contributed by atoms with Gasteiger partial charge in [0, 0.05) is 6.08 Å². The van der Waals surface area contributed by atoms with Gasteiger partial charge in [-0.25, -0.2) is 4.79 Å². The zero-order valence-corrected chi connectivity index (χ0v) is 11.4. The Morgan fingerprint density at radius 2 is 2.06 bits per heavy atom. The van der Waals surface area contributed by atoms with Crippen LogP contribution in [-0.4, -0.2) is 21.3 Å². The van der Waals surface area contributed by atoms with Gasteiger partial charge in [-0.1, -0.05) is 6.08 Å². The van der Waals surface area contributed by atoms with Crippen LogP contribution in [0.25, 0.3) is 0 Å². The molecule has 0 aromatic rings.